The maximum atomic E-state index is 6.09. The fraction of sp³-hybridized carbons (Fsp3) is 0.364. The van der Waals surface area contributed by atoms with Crippen LogP contribution < -0.4 is 11.1 Å². The molecule has 0 aromatic carbocycles. The normalized spacial score (nSPS) is 16.5. The van der Waals surface area contributed by atoms with E-state index in [-0.39, 0.29) is 6.04 Å². The minimum Gasteiger partial charge on any atom is -0.382 e. The summed E-state index contributed by atoms with van der Waals surface area (Å²) in [6.45, 7) is 0. The van der Waals surface area contributed by atoms with Gasteiger partial charge in [-0.3, -0.25) is 0 Å². The molecule has 94 valence electrons. The fourth-order valence-electron chi connectivity index (χ4n) is 1.83. The molecule has 3 N–H and O–H groups in total. The van der Waals surface area contributed by atoms with Crippen molar-refractivity contribution in [2.45, 2.75) is 18.9 Å². The van der Waals surface area contributed by atoms with E-state index in [0.29, 0.717) is 22.6 Å². The molecule has 18 heavy (non-hydrogen) atoms. The third-order valence-corrected chi connectivity index (χ3v) is 4.15. The van der Waals surface area contributed by atoms with E-state index >= 15 is 0 Å². The van der Waals surface area contributed by atoms with Gasteiger partial charge in [-0.15, -0.1) is 11.3 Å². The Labute approximate surface area is 113 Å². The predicted molar refractivity (Wildman–Crippen MR) is 72.7 cm³/mol. The van der Waals surface area contributed by atoms with Gasteiger partial charge in [-0.1, -0.05) is 11.6 Å². The van der Waals surface area contributed by atoms with Crippen LogP contribution in [0, 0.1) is 5.92 Å². The van der Waals surface area contributed by atoms with Crippen molar-refractivity contribution < 1.29 is 0 Å². The van der Waals surface area contributed by atoms with Crippen LogP contribution in [0.5, 0.6) is 0 Å². The molecule has 2 aromatic rings. The lowest BCUT2D eigenvalue weighted by molar-refractivity contribution is 0.670. The van der Waals surface area contributed by atoms with E-state index in [4.69, 9.17) is 17.3 Å². The number of nitrogen functional groups attached to an aromatic ring is 1. The van der Waals surface area contributed by atoms with Gasteiger partial charge >= 0.3 is 0 Å². The number of thiazole rings is 1. The van der Waals surface area contributed by atoms with E-state index in [0.717, 1.165) is 5.01 Å². The first-order valence-electron chi connectivity index (χ1n) is 5.67. The SMILES string of the molecule is Nc1ncnc(N[C@@H](c2nccs2)C2CC2)c1Cl. The molecule has 1 fully saturated rings. The number of hydrogen-bond acceptors (Lipinski definition) is 6. The molecule has 0 radical (unpaired) electrons. The summed E-state index contributed by atoms with van der Waals surface area (Å²) in [6.07, 6.45) is 5.63. The van der Waals surface area contributed by atoms with Crippen LogP contribution in [0.1, 0.15) is 23.9 Å². The zero-order valence-corrected chi connectivity index (χ0v) is 11.1. The van der Waals surface area contributed by atoms with Crippen LogP contribution >= 0.6 is 22.9 Å². The quantitative estimate of drug-likeness (QED) is 0.901. The van der Waals surface area contributed by atoms with Gasteiger partial charge in [0.2, 0.25) is 0 Å². The van der Waals surface area contributed by atoms with Crippen molar-refractivity contribution in [2.75, 3.05) is 11.1 Å². The highest BCUT2D eigenvalue weighted by Crippen LogP contribution is 2.44. The highest BCUT2D eigenvalue weighted by atomic mass is 35.5. The largest absolute Gasteiger partial charge is 0.382 e. The zero-order valence-electron chi connectivity index (χ0n) is 9.51. The highest BCUT2D eigenvalue weighted by molar-refractivity contribution is 7.09. The van der Waals surface area contributed by atoms with E-state index in [1.165, 1.54) is 19.2 Å². The van der Waals surface area contributed by atoms with Gasteiger partial charge in [0.25, 0.3) is 0 Å². The molecule has 1 aliphatic carbocycles. The number of anilines is 2. The molecule has 0 aliphatic heterocycles. The molecule has 7 heteroatoms. The van der Waals surface area contributed by atoms with Gasteiger partial charge in [0.05, 0.1) is 6.04 Å². The Morgan fingerprint density at radius 1 is 1.39 bits per heavy atom. The summed E-state index contributed by atoms with van der Waals surface area (Å²) in [4.78, 5) is 12.4. The second-order valence-corrected chi connectivity index (χ2v) is 5.56. The lowest BCUT2D eigenvalue weighted by Crippen LogP contribution is -2.14. The molecule has 1 atom stereocenters. The van der Waals surface area contributed by atoms with Gasteiger partial charge < -0.3 is 11.1 Å². The maximum absolute atomic E-state index is 6.09. The molecule has 0 saturated heterocycles. The molecule has 5 nitrogen and oxygen atoms in total. The molecule has 0 amide bonds. The van der Waals surface area contributed by atoms with Crippen molar-refractivity contribution in [3.8, 4) is 0 Å². The number of nitrogens with zero attached hydrogens (tertiary/aromatic N) is 3. The number of rotatable bonds is 4. The van der Waals surface area contributed by atoms with Crippen LogP contribution in [0.25, 0.3) is 0 Å². The van der Waals surface area contributed by atoms with E-state index in [2.05, 4.69) is 20.3 Å². The molecule has 1 aliphatic rings. The van der Waals surface area contributed by atoms with Crippen LogP contribution in [-0.2, 0) is 0 Å². The first-order chi connectivity index (χ1) is 8.75. The van der Waals surface area contributed by atoms with Crippen molar-refractivity contribution in [1.82, 2.24) is 15.0 Å². The molecule has 3 rings (SSSR count). The number of nitrogens with two attached hydrogens (primary N) is 1. The lowest BCUT2D eigenvalue weighted by Gasteiger charge is -2.17. The van der Waals surface area contributed by atoms with Crippen LogP contribution in [0.2, 0.25) is 5.02 Å². The second kappa shape index (κ2) is 4.70. The molecule has 1 saturated carbocycles. The summed E-state index contributed by atoms with van der Waals surface area (Å²) in [5, 5.41) is 6.75. The van der Waals surface area contributed by atoms with Gasteiger partial charge in [-0.25, -0.2) is 15.0 Å². The Morgan fingerprint density at radius 2 is 2.22 bits per heavy atom. The van der Waals surface area contributed by atoms with Gasteiger partial charge in [0.15, 0.2) is 5.82 Å². The van der Waals surface area contributed by atoms with E-state index in [9.17, 15) is 0 Å². The summed E-state index contributed by atoms with van der Waals surface area (Å²) in [7, 11) is 0. The van der Waals surface area contributed by atoms with Crippen molar-refractivity contribution in [2.24, 2.45) is 5.92 Å². The topological polar surface area (TPSA) is 76.7 Å². The van der Waals surface area contributed by atoms with Crippen LogP contribution in [-0.4, -0.2) is 15.0 Å². The monoisotopic (exact) mass is 281 g/mol. The highest BCUT2D eigenvalue weighted by Gasteiger charge is 2.34. The molecule has 2 heterocycles. The maximum Gasteiger partial charge on any atom is 0.151 e. The van der Waals surface area contributed by atoms with Crippen LogP contribution in [0.15, 0.2) is 17.9 Å². The number of halogens is 1. The van der Waals surface area contributed by atoms with Crippen LogP contribution in [0.4, 0.5) is 11.6 Å². The number of hydrogen-bond donors (Lipinski definition) is 2. The molecule has 2 aromatic heterocycles. The molecule has 0 spiro atoms. The average Bonchev–Trinajstić information content (AvgIpc) is 3.06. The van der Waals surface area contributed by atoms with E-state index < -0.39 is 0 Å². The van der Waals surface area contributed by atoms with E-state index in [1.54, 1.807) is 11.3 Å². The predicted octanol–water partition coefficient (Wildman–Crippen LogP) is 2.73. The smallest absolute Gasteiger partial charge is 0.151 e. The van der Waals surface area contributed by atoms with Crippen molar-refractivity contribution in [3.63, 3.8) is 0 Å². The average molecular weight is 282 g/mol. The molecule has 0 bridgehead atoms. The third kappa shape index (κ3) is 2.26. The first-order valence-corrected chi connectivity index (χ1v) is 6.93. The van der Waals surface area contributed by atoms with Crippen molar-refractivity contribution in [3.05, 3.63) is 27.9 Å². The van der Waals surface area contributed by atoms with Gasteiger partial charge in [-0.2, -0.15) is 0 Å². The summed E-state index contributed by atoms with van der Waals surface area (Å²) < 4.78 is 0. The summed E-state index contributed by atoms with van der Waals surface area (Å²) in [5.41, 5.74) is 5.67. The Morgan fingerprint density at radius 3 is 2.89 bits per heavy atom. The summed E-state index contributed by atoms with van der Waals surface area (Å²) in [5.74, 6) is 1.47. The standard InChI is InChI=1S/C11H12ClN5S/c12-7-9(13)15-5-16-10(7)17-8(6-1-2-6)11-14-3-4-18-11/h3-6,8H,1-2H2,(H3,13,15,16,17)/t8-/m1/s1. The summed E-state index contributed by atoms with van der Waals surface area (Å²) in [6, 6.07) is 0.164. The Hall–Kier alpha value is -1.40. The second-order valence-electron chi connectivity index (χ2n) is 4.25. The number of nitrogens with one attached hydrogen (secondary N) is 1. The number of aromatic nitrogens is 3. The Bertz CT molecular complexity index is 540. The van der Waals surface area contributed by atoms with E-state index in [1.807, 2.05) is 11.6 Å². The minimum absolute atomic E-state index is 0.164. The van der Waals surface area contributed by atoms with Crippen molar-refractivity contribution in [1.29, 1.82) is 0 Å². The zero-order chi connectivity index (χ0) is 12.5. The lowest BCUT2D eigenvalue weighted by atomic mass is 10.2. The third-order valence-electron chi connectivity index (χ3n) is 2.92. The van der Waals surface area contributed by atoms with Crippen LogP contribution in [0.3, 0.4) is 0 Å². The van der Waals surface area contributed by atoms with Gasteiger partial charge in [0.1, 0.15) is 22.2 Å². The minimum atomic E-state index is 0.164. The van der Waals surface area contributed by atoms with Gasteiger partial charge in [0, 0.05) is 11.6 Å². The Kier molecular flexibility index (Phi) is 3.05. The molecular weight excluding hydrogens is 270 g/mol. The Balaban J connectivity index is 1.87. The van der Waals surface area contributed by atoms with Crippen molar-refractivity contribution >= 4 is 34.6 Å². The van der Waals surface area contributed by atoms with Gasteiger partial charge in [-0.05, 0) is 18.8 Å². The fourth-order valence-corrected chi connectivity index (χ4v) is 2.76. The molecular formula is C11H12ClN5S. The first kappa shape index (κ1) is 11.7. The summed E-state index contributed by atoms with van der Waals surface area (Å²) >= 11 is 7.73. The molecule has 0 unspecified atom stereocenters.